The minimum Gasteiger partial charge on any atom is -0.381 e. The van der Waals surface area contributed by atoms with E-state index in [-0.39, 0.29) is 0 Å². The number of nitrogens with zero attached hydrogens (tertiary/aromatic N) is 1. The predicted molar refractivity (Wildman–Crippen MR) is 88.5 cm³/mol. The van der Waals surface area contributed by atoms with Gasteiger partial charge in [-0.2, -0.15) is 0 Å². The lowest BCUT2D eigenvalue weighted by molar-refractivity contribution is 0.795. The highest BCUT2D eigenvalue weighted by Crippen LogP contribution is 2.18. The van der Waals surface area contributed by atoms with Crippen molar-refractivity contribution in [2.24, 2.45) is 0 Å². The SMILES string of the molecule is CCCCc1ccc(NCc2c[nH]c3ncccc23)cc1. The smallest absolute Gasteiger partial charge is 0.137 e. The Hall–Kier alpha value is -2.29. The molecular weight excluding hydrogens is 258 g/mol. The molecule has 0 radical (unpaired) electrons. The van der Waals surface area contributed by atoms with Crippen LogP contribution in [-0.2, 0) is 13.0 Å². The third kappa shape index (κ3) is 3.24. The molecule has 0 unspecified atom stereocenters. The Morgan fingerprint density at radius 2 is 2.00 bits per heavy atom. The van der Waals surface area contributed by atoms with E-state index in [0.717, 1.165) is 17.9 Å². The van der Waals surface area contributed by atoms with E-state index in [0.29, 0.717) is 0 Å². The number of aromatic nitrogens is 2. The molecule has 3 rings (SSSR count). The van der Waals surface area contributed by atoms with Crippen molar-refractivity contribution in [3.63, 3.8) is 0 Å². The summed E-state index contributed by atoms with van der Waals surface area (Å²) in [7, 11) is 0. The fraction of sp³-hybridized carbons (Fsp3) is 0.278. The van der Waals surface area contributed by atoms with Crippen LogP contribution in [0.2, 0.25) is 0 Å². The zero-order chi connectivity index (χ0) is 14.5. The summed E-state index contributed by atoms with van der Waals surface area (Å²) in [5.41, 5.74) is 4.77. The van der Waals surface area contributed by atoms with Crippen LogP contribution >= 0.6 is 0 Å². The standard InChI is InChI=1S/C18H21N3/c1-2-3-5-14-7-9-16(10-8-14)20-12-15-13-21-18-17(15)6-4-11-19-18/h4,6-11,13,20H,2-3,5,12H2,1H3,(H,19,21). The minimum absolute atomic E-state index is 0.806. The maximum atomic E-state index is 4.31. The molecule has 3 nitrogen and oxygen atoms in total. The lowest BCUT2D eigenvalue weighted by Gasteiger charge is -2.07. The Bertz CT molecular complexity index is 698. The summed E-state index contributed by atoms with van der Waals surface area (Å²) in [5, 5.41) is 4.66. The fourth-order valence-electron chi connectivity index (χ4n) is 2.53. The largest absolute Gasteiger partial charge is 0.381 e. The van der Waals surface area contributed by atoms with Gasteiger partial charge < -0.3 is 10.3 Å². The zero-order valence-electron chi connectivity index (χ0n) is 12.4. The summed E-state index contributed by atoms with van der Waals surface area (Å²) < 4.78 is 0. The van der Waals surface area contributed by atoms with E-state index in [4.69, 9.17) is 0 Å². The van der Waals surface area contributed by atoms with Crippen LogP contribution in [0.25, 0.3) is 11.0 Å². The van der Waals surface area contributed by atoms with Crippen molar-refractivity contribution in [1.82, 2.24) is 9.97 Å². The molecule has 0 aliphatic rings. The second kappa shape index (κ2) is 6.44. The van der Waals surface area contributed by atoms with Crippen LogP contribution in [0, 0.1) is 0 Å². The van der Waals surface area contributed by atoms with E-state index in [1.54, 1.807) is 0 Å². The molecule has 0 spiro atoms. The van der Waals surface area contributed by atoms with Crippen molar-refractivity contribution < 1.29 is 0 Å². The number of hydrogen-bond donors (Lipinski definition) is 2. The van der Waals surface area contributed by atoms with Gasteiger partial charge in [-0.3, -0.25) is 0 Å². The van der Waals surface area contributed by atoms with Gasteiger partial charge in [-0.15, -0.1) is 0 Å². The first kappa shape index (κ1) is 13.7. The summed E-state index contributed by atoms with van der Waals surface area (Å²) in [6.45, 7) is 3.03. The summed E-state index contributed by atoms with van der Waals surface area (Å²) in [4.78, 5) is 7.52. The Balaban J connectivity index is 1.64. The van der Waals surface area contributed by atoms with Crippen LogP contribution in [-0.4, -0.2) is 9.97 Å². The molecule has 0 aliphatic carbocycles. The van der Waals surface area contributed by atoms with E-state index in [1.165, 1.54) is 35.8 Å². The van der Waals surface area contributed by atoms with E-state index in [1.807, 2.05) is 18.5 Å². The number of H-pyrrole nitrogens is 1. The van der Waals surface area contributed by atoms with Gasteiger partial charge in [0.15, 0.2) is 0 Å². The molecule has 2 heterocycles. The lowest BCUT2D eigenvalue weighted by atomic mass is 10.1. The number of fused-ring (bicyclic) bond motifs is 1. The number of unbranched alkanes of at least 4 members (excludes halogenated alkanes) is 1. The van der Waals surface area contributed by atoms with Crippen LogP contribution in [0.5, 0.6) is 0 Å². The molecule has 0 saturated heterocycles. The summed E-state index contributed by atoms with van der Waals surface area (Å²) in [6.07, 6.45) is 7.51. The number of benzene rings is 1. The summed E-state index contributed by atoms with van der Waals surface area (Å²) >= 11 is 0. The second-order valence-electron chi connectivity index (χ2n) is 5.37. The average molecular weight is 279 g/mol. The summed E-state index contributed by atoms with van der Waals surface area (Å²) in [6, 6.07) is 12.8. The highest BCUT2D eigenvalue weighted by Gasteiger charge is 2.03. The molecule has 3 aromatic rings. The topological polar surface area (TPSA) is 40.7 Å². The number of rotatable bonds is 6. The van der Waals surface area contributed by atoms with Gasteiger partial charge in [0.1, 0.15) is 5.65 Å². The normalized spacial score (nSPS) is 10.9. The number of aromatic amines is 1. The first-order valence-corrected chi connectivity index (χ1v) is 7.60. The third-order valence-electron chi connectivity index (χ3n) is 3.79. The molecule has 0 bridgehead atoms. The molecule has 0 saturated carbocycles. The number of pyridine rings is 1. The van der Waals surface area contributed by atoms with Crippen LogP contribution in [0.15, 0.2) is 48.8 Å². The van der Waals surface area contributed by atoms with Crippen molar-refractivity contribution in [2.75, 3.05) is 5.32 Å². The highest BCUT2D eigenvalue weighted by molar-refractivity contribution is 5.79. The first-order chi connectivity index (χ1) is 10.4. The van der Waals surface area contributed by atoms with Crippen molar-refractivity contribution in [2.45, 2.75) is 32.7 Å². The second-order valence-corrected chi connectivity index (χ2v) is 5.37. The van der Waals surface area contributed by atoms with Crippen LogP contribution in [0.3, 0.4) is 0 Å². The van der Waals surface area contributed by atoms with Crippen molar-refractivity contribution in [3.8, 4) is 0 Å². The monoisotopic (exact) mass is 279 g/mol. The molecule has 2 aromatic heterocycles. The molecular formula is C18H21N3. The van der Waals surface area contributed by atoms with Crippen molar-refractivity contribution in [3.05, 3.63) is 59.9 Å². The third-order valence-corrected chi connectivity index (χ3v) is 3.79. The molecule has 108 valence electrons. The zero-order valence-corrected chi connectivity index (χ0v) is 12.4. The Morgan fingerprint density at radius 3 is 2.81 bits per heavy atom. The maximum Gasteiger partial charge on any atom is 0.137 e. The van der Waals surface area contributed by atoms with Gasteiger partial charge in [-0.25, -0.2) is 4.98 Å². The lowest BCUT2D eigenvalue weighted by Crippen LogP contribution is -1.98. The molecule has 1 aromatic carbocycles. The molecule has 0 fully saturated rings. The van der Waals surface area contributed by atoms with E-state index < -0.39 is 0 Å². The first-order valence-electron chi connectivity index (χ1n) is 7.60. The van der Waals surface area contributed by atoms with E-state index in [2.05, 4.69) is 52.5 Å². The van der Waals surface area contributed by atoms with Crippen molar-refractivity contribution in [1.29, 1.82) is 0 Å². The fourth-order valence-corrected chi connectivity index (χ4v) is 2.53. The van der Waals surface area contributed by atoms with Crippen LogP contribution in [0.1, 0.15) is 30.9 Å². The molecule has 2 N–H and O–H groups in total. The maximum absolute atomic E-state index is 4.31. The van der Waals surface area contributed by atoms with Gasteiger partial charge in [-0.05, 0) is 48.2 Å². The van der Waals surface area contributed by atoms with Gasteiger partial charge in [0, 0.05) is 30.0 Å². The van der Waals surface area contributed by atoms with Crippen molar-refractivity contribution >= 4 is 16.7 Å². The molecule has 0 aliphatic heterocycles. The summed E-state index contributed by atoms with van der Waals surface area (Å²) in [5.74, 6) is 0. The Labute approximate surface area is 125 Å². The van der Waals surface area contributed by atoms with Crippen LogP contribution < -0.4 is 5.32 Å². The molecule has 0 amide bonds. The van der Waals surface area contributed by atoms with Gasteiger partial charge in [0.25, 0.3) is 0 Å². The van der Waals surface area contributed by atoms with Gasteiger partial charge in [0.2, 0.25) is 0 Å². The quantitative estimate of drug-likeness (QED) is 0.696. The highest BCUT2D eigenvalue weighted by atomic mass is 14.9. The van der Waals surface area contributed by atoms with E-state index >= 15 is 0 Å². The Morgan fingerprint density at radius 1 is 1.14 bits per heavy atom. The number of nitrogens with one attached hydrogen (secondary N) is 2. The minimum atomic E-state index is 0.806. The molecule has 21 heavy (non-hydrogen) atoms. The molecule has 3 heteroatoms. The number of aryl methyl sites for hydroxylation is 1. The predicted octanol–water partition coefficient (Wildman–Crippen LogP) is 4.52. The Kier molecular flexibility index (Phi) is 4.20. The molecule has 0 atom stereocenters. The van der Waals surface area contributed by atoms with Crippen LogP contribution in [0.4, 0.5) is 5.69 Å². The number of anilines is 1. The van der Waals surface area contributed by atoms with Gasteiger partial charge >= 0.3 is 0 Å². The van der Waals surface area contributed by atoms with E-state index in [9.17, 15) is 0 Å². The average Bonchev–Trinajstić information content (AvgIpc) is 2.95. The number of hydrogen-bond acceptors (Lipinski definition) is 2. The van der Waals surface area contributed by atoms with Gasteiger partial charge in [0.05, 0.1) is 0 Å². The van der Waals surface area contributed by atoms with Gasteiger partial charge in [-0.1, -0.05) is 25.5 Å².